The van der Waals surface area contributed by atoms with Gasteiger partial charge < -0.3 is 0 Å². The average molecular weight is 185 g/mol. The summed E-state index contributed by atoms with van der Waals surface area (Å²) in [5, 5.41) is 0.391. The van der Waals surface area contributed by atoms with Crippen molar-refractivity contribution in [2.24, 2.45) is 0 Å². The molecule has 2 heteroatoms. The first-order valence-corrected chi connectivity index (χ1v) is 5.82. The first kappa shape index (κ1) is 11.9. The van der Waals surface area contributed by atoms with Crippen molar-refractivity contribution in [2.75, 3.05) is 19.6 Å². The lowest BCUT2D eigenvalue weighted by molar-refractivity contribution is 0.323. The Kier molecular flexibility index (Phi) is 4.79. The molecular weight excluding hydrogens is 162 g/mol. The molecule has 0 saturated carbocycles. The maximum absolute atomic E-state index is 4.15. The number of hydrogen-bond donors (Lipinski definition) is 0. The Morgan fingerprint density at radius 2 is 1.75 bits per heavy atom. The Labute approximate surface area is 80.3 Å². The second kappa shape index (κ2) is 4.82. The lowest BCUT2D eigenvalue weighted by Gasteiger charge is -2.27. The zero-order chi connectivity index (χ0) is 9.78. The fourth-order valence-corrected chi connectivity index (χ4v) is 1.11. The van der Waals surface area contributed by atoms with Gasteiger partial charge in [0.2, 0.25) is 0 Å². The molecule has 0 spiro atoms. The predicted molar refractivity (Wildman–Crippen MR) is 60.9 cm³/mol. The van der Waals surface area contributed by atoms with Crippen molar-refractivity contribution in [1.82, 2.24) is 4.90 Å². The first-order chi connectivity index (χ1) is 5.41. The summed E-state index contributed by atoms with van der Waals surface area (Å²) in [6.45, 7) is 16.5. The maximum Gasteiger partial charge on any atom is 0.0192 e. The molecule has 0 saturated heterocycles. The molecule has 0 unspecified atom stereocenters. The predicted octanol–water partition coefficient (Wildman–Crippen LogP) is 1.45. The lowest BCUT2D eigenvalue weighted by Crippen LogP contribution is -2.27. The summed E-state index contributed by atoms with van der Waals surface area (Å²) < 4.78 is 0. The molecule has 0 bridgehead atoms. The summed E-state index contributed by atoms with van der Waals surface area (Å²) in [7, 11) is 1.20. The van der Waals surface area contributed by atoms with Gasteiger partial charge in [-0.3, -0.25) is 4.90 Å². The van der Waals surface area contributed by atoms with Crippen LogP contribution in [0.1, 0.15) is 27.7 Å². The highest BCUT2D eigenvalue weighted by atomic mass is 28.1. The molecule has 1 nitrogen and oxygen atoms in total. The smallest absolute Gasteiger partial charge is 0.0192 e. The molecule has 72 valence electrons. The quantitative estimate of drug-likeness (QED) is 0.463. The molecule has 0 heterocycles. The van der Waals surface area contributed by atoms with E-state index in [1.165, 1.54) is 15.8 Å². The molecule has 0 rings (SSSR count). The Morgan fingerprint density at radius 3 is 2.00 bits per heavy atom. The molecule has 12 heavy (non-hydrogen) atoms. The Bertz CT molecular complexity index is 142. The fourth-order valence-electron chi connectivity index (χ4n) is 0.954. The average Bonchev–Trinajstić information content (AvgIpc) is 1.97. The Balaban J connectivity index is 3.99. The van der Waals surface area contributed by atoms with Crippen molar-refractivity contribution in [2.45, 2.75) is 32.7 Å². The van der Waals surface area contributed by atoms with Gasteiger partial charge in [0.05, 0.1) is 0 Å². The minimum Gasteiger partial charge on any atom is -0.300 e. The van der Waals surface area contributed by atoms with E-state index in [-0.39, 0.29) is 0 Å². The van der Waals surface area contributed by atoms with Gasteiger partial charge in [-0.2, -0.15) is 0 Å². The van der Waals surface area contributed by atoms with Gasteiger partial charge in [-0.05, 0) is 18.1 Å². The SMILES string of the molecule is C=C(CN(CC)CC)C(C)(C)[SiH3]. The fraction of sp³-hybridized carbons (Fsp3) is 0.800. The van der Waals surface area contributed by atoms with Gasteiger partial charge in [0.15, 0.2) is 0 Å². The third-order valence-electron chi connectivity index (χ3n) is 2.37. The molecule has 0 aromatic carbocycles. The van der Waals surface area contributed by atoms with Crippen molar-refractivity contribution in [3.8, 4) is 0 Å². The van der Waals surface area contributed by atoms with Crippen LogP contribution < -0.4 is 0 Å². The Hall–Kier alpha value is -0.0831. The van der Waals surface area contributed by atoms with Gasteiger partial charge in [-0.25, -0.2) is 0 Å². The van der Waals surface area contributed by atoms with Crippen LogP contribution in [0, 0.1) is 0 Å². The topological polar surface area (TPSA) is 3.24 Å². The second-order valence-corrected chi connectivity index (χ2v) is 6.81. The zero-order valence-electron chi connectivity index (χ0n) is 9.28. The van der Waals surface area contributed by atoms with E-state index < -0.39 is 0 Å². The normalized spacial score (nSPS) is 12.4. The van der Waals surface area contributed by atoms with E-state index in [1.807, 2.05) is 0 Å². The van der Waals surface area contributed by atoms with Crippen molar-refractivity contribution >= 4 is 10.2 Å². The van der Waals surface area contributed by atoms with Crippen LogP contribution in [0.2, 0.25) is 5.04 Å². The van der Waals surface area contributed by atoms with E-state index in [9.17, 15) is 0 Å². The number of hydrogen-bond acceptors (Lipinski definition) is 1. The highest BCUT2D eigenvalue weighted by Gasteiger charge is 2.16. The number of rotatable bonds is 5. The van der Waals surface area contributed by atoms with E-state index in [0.29, 0.717) is 5.04 Å². The van der Waals surface area contributed by atoms with Crippen LogP contribution in [0.5, 0.6) is 0 Å². The first-order valence-electron chi connectivity index (χ1n) is 4.82. The Morgan fingerprint density at radius 1 is 1.33 bits per heavy atom. The molecule has 0 radical (unpaired) electrons. The zero-order valence-corrected chi connectivity index (χ0v) is 11.3. The van der Waals surface area contributed by atoms with E-state index in [4.69, 9.17) is 0 Å². The van der Waals surface area contributed by atoms with Crippen LogP contribution in [-0.4, -0.2) is 34.8 Å². The summed E-state index contributed by atoms with van der Waals surface area (Å²) in [6, 6.07) is 0. The van der Waals surface area contributed by atoms with Crippen molar-refractivity contribution in [1.29, 1.82) is 0 Å². The van der Waals surface area contributed by atoms with Gasteiger partial charge in [0.25, 0.3) is 0 Å². The molecule has 0 aliphatic rings. The van der Waals surface area contributed by atoms with E-state index >= 15 is 0 Å². The highest BCUT2D eigenvalue weighted by Crippen LogP contribution is 2.28. The minimum atomic E-state index is 0.391. The lowest BCUT2D eigenvalue weighted by atomic mass is 10.0. The van der Waals surface area contributed by atoms with Gasteiger partial charge >= 0.3 is 0 Å². The van der Waals surface area contributed by atoms with Crippen molar-refractivity contribution in [3.05, 3.63) is 12.2 Å². The van der Waals surface area contributed by atoms with Crippen LogP contribution in [0.15, 0.2) is 12.2 Å². The van der Waals surface area contributed by atoms with Crippen molar-refractivity contribution < 1.29 is 0 Å². The summed E-state index contributed by atoms with van der Waals surface area (Å²) >= 11 is 0. The molecule has 0 atom stereocenters. The number of nitrogens with zero attached hydrogens (tertiary/aromatic N) is 1. The third-order valence-corrected chi connectivity index (χ3v) is 3.08. The van der Waals surface area contributed by atoms with E-state index in [0.717, 1.165) is 19.6 Å². The van der Waals surface area contributed by atoms with Crippen LogP contribution in [0.4, 0.5) is 0 Å². The standard InChI is InChI=1S/C10H23NSi/c1-6-11(7-2)8-9(3)10(4,5)12/h3,6-8H2,1-2,4-5,12H3. The van der Waals surface area contributed by atoms with Crippen LogP contribution in [-0.2, 0) is 0 Å². The molecule has 0 aliphatic carbocycles. The second-order valence-electron chi connectivity index (χ2n) is 4.31. The van der Waals surface area contributed by atoms with E-state index in [2.05, 4.69) is 39.2 Å². The highest BCUT2D eigenvalue weighted by molar-refractivity contribution is 6.16. The largest absolute Gasteiger partial charge is 0.300 e. The molecule has 0 aliphatic heterocycles. The molecule has 0 aromatic heterocycles. The molecule has 0 fully saturated rings. The van der Waals surface area contributed by atoms with E-state index in [1.54, 1.807) is 0 Å². The van der Waals surface area contributed by atoms with Gasteiger partial charge in [-0.1, -0.05) is 39.8 Å². The monoisotopic (exact) mass is 185 g/mol. The van der Waals surface area contributed by atoms with Gasteiger partial charge in [0, 0.05) is 16.8 Å². The minimum absolute atomic E-state index is 0.391. The van der Waals surface area contributed by atoms with Gasteiger partial charge in [0.1, 0.15) is 0 Å². The summed E-state index contributed by atoms with van der Waals surface area (Å²) in [4.78, 5) is 2.42. The summed E-state index contributed by atoms with van der Waals surface area (Å²) in [6.07, 6.45) is 0. The molecular formula is C10H23NSi. The maximum atomic E-state index is 4.15. The third kappa shape index (κ3) is 4.07. The molecule has 0 aromatic rings. The van der Waals surface area contributed by atoms with Crippen molar-refractivity contribution in [3.63, 3.8) is 0 Å². The van der Waals surface area contributed by atoms with Gasteiger partial charge in [-0.15, -0.1) is 0 Å². The van der Waals surface area contributed by atoms with Crippen LogP contribution in [0.25, 0.3) is 0 Å². The number of likely N-dealkylation sites (N-methyl/N-ethyl adjacent to an activating group) is 1. The molecule has 0 N–H and O–H groups in total. The van der Waals surface area contributed by atoms with Crippen LogP contribution in [0.3, 0.4) is 0 Å². The molecule has 0 amide bonds. The van der Waals surface area contributed by atoms with Crippen LogP contribution >= 0.6 is 0 Å². The summed E-state index contributed by atoms with van der Waals surface area (Å²) in [5.41, 5.74) is 1.39. The summed E-state index contributed by atoms with van der Waals surface area (Å²) in [5.74, 6) is 0.